The Morgan fingerprint density at radius 2 is 1.70 bits per heavy atom. The summed E-state index contributed by atoms with van der Waals surface area (Å²) in [6.07, 6.45) is 1.41. The summed E-state index contributed by atoms with van der Waals surface area (Å²) in [5.74, 6) is -1.24. The average Bonchev–Trinajstić information content (AvgIpc) is 2.54. The molecule has 2 aromatic rings. The highest BCUT2D eigenvalue weighted by Crippen LogP contribution is 2.21. The van der Waals surface area contributed by atoms with Gasteiger partial charge in [0.05, 0.1) is 4.90 Å². The van der Waals surface area contributed by atoms with E-state index in [2.05, 4.69) is 4.72 Å². The van der Waals surface area contributed by atoms with Crippen molar-refractivity contribution in [1.29, 1.82) is 0 Å². The molecule has 0 heterocycles. The molecule has 0 aliphatic carbocycles. The zero-order chi connectivity index (χ0) is 16.9. The number of hydrogen-bond acceptors (Lipinski definition) is 3. The van der Waals surface area contributed by atoms with Crippen molar-refractivity contribution in [2.45, 2.75) is 30.7 Å². The largest absolute Gasteiger partial charge is 0.480 e. The van der Waals surface area contributed by atoms with Crippen molar-refractivity contribution in [1.82, 2.24) is 4.72 Å². The van der Waals surface area contributed by atoms with Crippen LogP contribution in [0.1, 0.15) is 30.5 Å². The summed E-state index contributed by atoms with van der Waals surface area (Å²) in [6.45, 7) is 1.96. The van der Waals surface area contributed by atoms with Crippen LogP contribution in [-0.4, -0.2) is 19.5 Å². The fraction of sp³-hybridized carbons (Fsp3) is 0.235. The number of carboxylic acid groups (broad SMARTS) is 1. The van der Waals surface area contributed by atoms with Gasteiger partial charge in [0.15, 0.2) is 0 Å². The van der Waals surface area contributed by atoms with E-state index in [-0.39, 0.29) is 4.90 Å². The van der Waals surface area contributed by atoms with E-state index in [1.807, 2.05) is 6.92 Å². The lowest BCUT2D eigenvalue weighted by atomic mass is 10.1. The quantitative estimate of drug-likeness (QED) is 0.816. The number of carboxylic acids is 1. The van der Waals surface area contributed by atoms with E-state index < -0.39 is 22.0 Å². The van der Waals surface area contributed by atoms with E-state index in [0.29, 0.717) is 17.5 Å². The van der Waals surface area contributed by atoms with Gasteiger partial charge in [-0.05, 0) is 23.6 Å². The molecule has 0 saturated heterocycles. The number of nitrogens with one attached hydrogen (secondary N) is 1. The normalized spacial score (nSPS) is 12.7. The number of aryl methyl sites for hydroxylation is 1. The summed E-state index contributed by atoms with van der Waals surface area (Å²) >= 11 is 0. The van der Waals surface area contributed by atoms with Crippen molar-refractivity contribution in [2.24, 2.45) is 0 Å². The van der Waals surface area contributed by atoms with Gasteiger partial charge >= 0.3 is 5.97 Å². The van der Waals surface area contributed by atoms with Crippen molar-refractivity contribution in [2.75, 3.05) is 0 Å². The summed E-state index contributed by atoms with van der Waals surface area (Å²) < 4.78 is 27.6. The van der Waals surface area contributed by atoms with Crippen LogP contribution in [0.15, 0.2) is 59.5 Å². The van der Waals surface area contributed by atoms with Gasteiger partial charge in [-0.1, -0.05) is 61.9 Å². The first kappa shape index (κ1) is 17.2. The fourth-order valence-corrected chi connectivity index (χ4v) is 3.81. The van der Waals surface area contributed by atoms with Gasteiger partial charge in [-0.3, -0.25) is 4.79 Å². The molecule has 1 unspecified atom stereocenters. The second-order valence-corrected chi connectivity index (χ2v) is 6.84. The van der Waals surface area contributed by atoms with Crippen LogP contribution < -0.4 is 4.72 Å². The molecule has 0 aliphatic heterocycles. The van der Waals surface area contributed by atoms with Crippen LogP contribution in [0.25, 0.3) is 0 Å². The fourth-order valence-electron chi connectivity index (χ4n) is 2.37. The van der Waals surface area contributed by atoms with E-state index >= 15 is 0 Å². The number of aliphatic carboxylic acids is 1. The molecule has 0 bridgehead atoms. The molecule has 1 atom stereocenters. The molecule has 0 aliphatic rings. The van der Waals surface area contributed by atoms with Crippen molar-refractivity contribution >= 4 is 16.0 Å². The van der Waals surface area contributed by atoms with Crippen LogP contribution in [0.4, 0.5) is 0 Å². The maximum absolute atomic E-state index is 12.6. The van der Waals surface area contributed by atoms with E-state index in [1.165, 1.54) is 6.07 Å². The van der Waals surface area contributed by atoms with Gasteiger partial charge in [-0.15, -0.1) is 0 Å². The first-order chi connectivity index (χ1) is 11.0. The maximum atomic E-state index is 12.6. The number of benzene rings is 2. The first-order valence-electron chi connectivity index (χ1n) is 7.33. The van der Waals surface area contributed by atoms with Gasteiger partial charge < -0.3 is 5.11 Å². The predicted octanol–water partition coefficient (Wildman–Crippen LogP) is 2.74. The molecule has 0 aromatic heterocycles. The Balaban J connectivity index is 2.38. The zero-order valence-electron chi connectivity index (χ0n) is 12.8. The van der Waals surface area contributed by atoms with E-state index in [1.54, 1.807) is 48.5 Å². The van der Waals surface area contributed by atoms with Crippen LogP contribution in [0.5, 0.6) is 0 Å². The minimum Gasteiger partial charge on any atom is -0.480 e. The van der Waals surface area contributed by atoms with Crippen molar-refractivity contribution in [3.05, 3.63) is 65.7 Å². The molecule has 0 saturated carbocycles. The van der Waals surface area contributed by atoms with Crippen molar-refractivity contribution in [3.63, 3.8) is 0 Å². The summed E-state index contributed by atoms with van der Waals surface area (Å²) in [5, 5.41) is 9.38. The Morgan fingerprint density at radius 3 is 2.30 bits per heavy atom. The van der Waals surface area contributed by atoms with Gasteiger partial charge in [-0.2, -0.15) is 4.72 Å². The Morgan fingerprint density at radius 1 is 1.09 bits per heavy atom. The Bertz CT molecular complexity index is 772. The SMILES string of the molecule is CCCc1ccccc1S(=O)(=O)NC(C(=O)O)c1ccccc1. The molecule has 6 heteroatoms. The van der Waals surface area contributed by atoms with Gasteiger partial charge in [0.1, 0.15) is 6.04 Å². The summed E-state index contributed by atoms with van der Waals surface area (Å²) in [7, 11) is -3.94. The Hall–Kier alpha value is -2.18. The minimum absolute atomic E-state index is 0.129. The molecule has 2 N–H and O–H groups in total. The molecular weight excluding hydrogens is 314 g/mol. The van der Waals surface area contributed by atoms with Gasteiger partial charge in [-0.25, -0.2) is 8.42 Å². The van der Waals surface area contributed by atoms with Gasteiger partial charge in [0, 0.05) is 0 Å². The average molecular weight is 333 g/mol. The highest BCUT2D eigenvalue weighted by molar-refractivity contribution is 7.89. The van der Waals surface area contributed by atoms with Crippen LogP contribution in [0, 0.1) is 0 Å². The van der Waals surface area contributed by atoms with Crippen molar-refractivity contribution < 1.29 is 18.3 Å². The van der Waals surface area contributed by atoms with Gasteiger partial charge in [0.25, 0.3) is 0 Å². The molecule has 5 nitrogen and oxygen atoms in total. The summed E-state index contributed by atoms with van der Waals surface area (Å²) in [4.78, 5) is 11.6. The lowest BCUT2D eigenvalue weighted by Crippen LogP contribution is -2.34. The number of hydrogen-bond donors (Lipinski definition) is 2. The number of carbonyl (C=O) groups is 1. The minimum atomic E-state index is -3.94. The highest BCUT2D eigenvalue weighted by Gasteiger charge is 2.27. The predicted molar refractivity (Wildman–Crippen MR) is 87.6 cm³/mol. The standard InChI is InChI=1S/C17H19NO4S/c1-2-8-13-9-6-7-12-15(13)23(21,22)18-16(17(19)20)14-10-4-3-5-11-14/h3-7,9-12,16,18H,2,8H2,1H3,(H,19,20). The third-order valence-corrected chi connectivity index (χ3v) is 4.96. The van der Waals surface area contributed by atoms with Crippen molar-refractivity contribution in [3.8, 4) is 0 Å². The summed E-state index contributed by atoms with van der Waals surface area (Å²) in [6, 6.07) is 13.6. The first-order valence-corrected chi connectivity index (χ1v) is 8.82. The molecule has 2 aromatic carbocycles. The van der Waals surface area contributed by atoms with Crippen LogP contribution in [0.3, 0.4) is 0 Å². The van der Waals surface area contributed by atoms with Gasteiger partial charge in [0.2, 0.25) is 10.0 Å². The third-order valence-electron chi connectivity index (χ3n) is 3.43. The molecular formula is C17H19NO4S. The third kappa shape index (κ3) is 4.18. The molecule has 122 valence electrons. The molecule has 0 radical (unpaired) electrons. The maximum Gasteiger partial charge on any atom is 0.326 e. The molecule has 0 amide bonds. The smallest absolute Gasteiger partial charge is 0.326 e. The van der Waals surface area contributed by atoms with E-state index in [0.717, 1.165) is 6.42 Å². The second kappa shape index (κ2) is 7.39. The topological polar surface area (TPSA) is 83.5 Å². The van der Waals surface area contributed by atoms with E-state index in [4.69, 9.17) is 0 Å². The van der Waals surface area contributed by atoms with Crippen LogP contribution in [0.2, 0.25) is 0 Å². The molecule has 0 fully saturated rings. The summed E-state index contributed by atoms with van der Waals surface area (Å²) in [5.41, 5.74) is 1.07. The Kier molecular flexibility index (Phi) is 5.52. The molecule has 23 heavy (non-hydrogen) atoms. The zero-order valence-corrected chi connectivity index (χ0v) is 13.6. The number of rotatable bonds is 7. The van der Waals surface area contributed by atoms with Crippen LogP contribution in [-0.2, 0) is 21.2 Å². The monoisotopic (exact) mass is 333 g/mol. The molecule has 0 spiro atoms. The number of sulfonamides is 1. The lowest BCUT2D eigenvalue weighted by Gasteiger charge is -2.17. The van der Waals surface area contributed by atoms with Crippen LogP contribution >= 0.6 is 0 Å². The highest BCUT2D eigenvalue weighted by atomic mass is 32.2. The second-order valence-electron chi connectivity index (χ2n) is 5.16. The molecule has 2 rings (SSSR count). The Labute approximate surface area is 136 Å². The lowest BCUT2D eigenvalue weighted by molar-refractivity contribution is -0.139. The van der Waals surface area contributed by atoms with E-state index in [9.17, 15) is 18.3 Å².